The fraction of sp³-hybridized carbons (Fsp3) is 0.231. The zero-order chi connectivity index (χ0) is 17.0. The van der Waals surface area contributed by atoms with Crippen molar-refractivity contribution in [3.63, 3.8) is 0 Å². The molecule has 10 nitrogen and oxygen atoms in total. The molecule has 2 rings (SSSR count). The Bertz CT molecular complexity index is 623. The Hall–Kier alpha value is -3.30. The van der Waals surface area contributed by atoms with Crippen molar-refractivity contribution < 1.29 is 47.7 Å². The van der Waals surface area contributed by atoms with Gasteiger partial charge in [0.15, 0.2) is 11.1 Å². The van der Waals surface area contributed by atoms with Crippen molar-refractivity contribution in [2.45, 2.75) is 6.42 Å². The maximum atomic E-state index is 11.4. The topological polar surface area (TPSA) is 139 Å². The van der Waals surface area contributed by atoms with Crippen LogP contribution in [0.4, 0.5) is 0 Å². The number of cyclic esters (lactones) is 4. The summed E-state index contributed by atoms with van der Waals surface area (Å²) in [4.78, 5) is 66.4. The Morgan fingerprint density at radius 3 is 1.48 bits per heavy atom. The van der Waals surface area contributed by atoms with Crippen LogP contribution in [-0.2, 0) is 47.7 Å². The van der Waals surface area contributed by atoms with Crippen LogP contribution in [0.25, 0.3) is 0 Å². The summed E-state index contributed by atoms with van der Waals surface area (Å²) in [6.45, 7) is -0.430. The molecule has 0 aromatic heterocycles. The van der Waals surface area contributed by atoms with Crippen LogP contribution in [0.15, 0.2) is 23.3 Å². The SMILES string of the molecule is O=C1C=C(C(=O)OCCCOC(=O)C2=CC(=O)OC2=O)C(=O)O1. The van der Waals surface area contributed by atoms with Crippen molar-refractivity contribution in [3.8, 4) is 0 Å². The van der Waals surface area contributed by atoms with Gasteiger partial charge in [0, 0.05) is 18.6 Å². The molecule has 0 fully saturated rings. The van der Waals surface area contributed by atoms with Crippen molar-refractivity contribution in [1.29, 1.82) is 0 Å². The minimum Gasteiger partial charge on any atom is -0.462 e. The minimum atomic E-state index is -1.09. The van der Waals surface area contributed by atoms with Crippen LogP contribution in [0.3, 0.4) is 0 Å². The molecule has 0 spiro atoms. The third-order valence-corrected chi connectivity index (χ3v) is 2.55. The number of carbonyl (C=O) groups is 6. The van der Waals surface area contributed by atoms with Gasteiger partial charge in [-0.05, 0) is 0 Å². The van der Waals surface area contributed by atoms with Crippen LogP contribution >= 0.6 is 0 Å². The Morgan fingerprint density at radius 1 is 0.783 bits per heavy atom. The molecule has 0 aromatic rings. The summed E-state index contributed by atoms with van der Waals surface area (Å²) >= 11 is 0. The number of rotatable bonds is 6. The minimum absolute atomic E-state index is 0.0596. The first-order chi connectivity index (χ1) is 10.9. The van der Waals surface area contributed by atoms with Gasteiger partial charge in [-0.15, -0.1) is 0 Å². The van der Waals surface area contributed by atoms with E-state index in [1.54, 1.807) is 0 Å². The predicted octanol–water partition coefficient (Wildman–Crippen LogP) is -1.52. The fourth-order valence-corrected chi connectivity index (χ4v) is 1.53. The van der Waals surface area contributed by atoms with E-state index in [9.17, 15) is 28.8 Å². The lowest BCUT2D eigenvalue weighted by molar-refractivity contribution is -0.154. The summed E-state index contributed by atoms with van der Waals surface area (Å²) in [5.41, 5.74) is -1.05. The molecular formula is C13H8O10. The van der Waals surface area contributed by atoms with E-state index in [0.717, 1.165) is 0 Å². The van der Waals surface area contributed by atoms with Gasteiger partial charge in [0.1, 0.15) is 0 Å². The van der Waals surface area contributed by atoms with Crippen LogP contribution in [0.5, 0.6) is 0 Å². The van der Waals surface area contributed by atoms with E-state index < -0.39 is 47.0 Å². The van der Waals surface area contributed by atoms with E-state index in [1.807, 2.05) is 0 Å². The molecule has 0 aromatic carbocycles. The van der Waals surface area contributed by atoms with Crippen molar-refractivity contribution in [1.82, 2.24) is 0 Å². The first-order valence-corrected chi connectivity index (χ1v) is 6.18. The molecule has 0 atom stereocenters. The van der Waals surface area contributed by atoms with E-state index in [1.165, 1.54) is 0 Å². The Morgan fingerprint density at radius 2 is 1.17 bits per heavy atom. The smallest absolute Gasteiger partial charge is 0.353 e. The highest BCUT2D eigenvalue weighted by molar-refractivity contribution is 6.24. The Labute approximate surface area is 127 Å². The van der Waals surface area contributed by atoms with Crippen LogP contribution in [0.2, 0.25) is 0 Å². The lowest BCUT2D eigenvalue weighted by Crippen LogP contribution is -2.17. The summed E-state index contributed by atoms with van der Waals surface area (Å²) in [7, 11) is 0. The third-order valence-electron chi connectivity index (χ3n) is 2.55. The molecule has 0 radical (unpaired) electrons. The zero-order valence-electron chi connectivity index (χ0n) is 11.4. The second-order valence-electron chi connectivity index (χ2n) is 4.16. The average molecular weight is 324 g/mol. The second-order valence-corrected chi connectivity index (χ2v) is 4.16. The van der Waals surface area contributed by atoms with Gasteiger partial charge >= 0.3 is 35.8 Å². The second kappa shape index (κ2) is 6.64. The summed E-state index contributed by atoms with van der Waals surface area (Å²) in [5, 5.41) is 0. The molecule has 2 heterocycles. The van der Waals surface area contributed by atoms with Crippen molar-refractivity contribution in [2.24, 2.45) is 0 Å². The highest BCUT2D eigenvalue weighted by Gasteiger charge is 2.31. The maximum absolute atomic E-state index is 11.4. The Balaban J connectivity index is 1.68. The first kappa shape index (κ1) is 16.1. The van der Waals surface area contributed by atoms with Gasteiger partial charge in [0.05, 0.1) is 13.2 Å². The molecule has 0 aliphatic carbocycles. The predicted molar refractivity (Wildman–Crippen MR) is 64.9 cm³/mol. The molecule has 0 saturated heterocycles. The Kier molecular flexibility index (Phi) is 4.64. The van der Waals surface area contributed by atoms with Gasteiger partial charge in [0.2, 0.25) is 0 Å². The molecule has 0 amide bonds. The van der Waals surface area contributed by atoms with Crippen molar-refractivity contribution in [3.05, 3.63) is 23.3 Å². The monoisotopic (exact) mass is 324 g/mol. The summed E-state index contributed by atoms with van der Waals surface area (Å²) in [5.74, 6) is -6.19. The average Bonchev–Trinajstić information content (AvgIpc) is 2.99. The molecule has 2 aliphatic rings. The quantitative estimate of drug-likeness (QED) is 0.186. The maximum Gasteiger partial charge on any atom is 0.353 e. The molecule has 0 unspecified atom stereocenters. The summed E-state index contributed by atoms with van der Waals surface area (Å²) in [6.07, 6.45) is 1.48. The van der Waals surface area contributed by atoms with Gasteiger partial charge in [-0.3, -0.25) is 0 Å². The van der Waals surface area contributed by atoms with Gasteiger partial charge in [-0.25, -0.2) is 28.8 Å². The standard InChI is InChI=1S/C13H8O10/c14-8-4-6(12(18)22-8)10(16)20-2-1-3-21-11(17)7-5-9(15)23-13(7)19/h4-5H,1-3H2. The van der Waals surface area contributed by atoms with Gasteiger partial charge in [-0.2, -0.15) is 0 Å². The van der Waals surface area contributed by atoms with E-state index in [2.05, 4.69) is 18.9 Å². The van der Waals surface area contributed by atoms with Crippen molar-refractivity contribution >= 4 is 35.8 Å². The molecule has 2 aliphatic heterocycles. The van der Waals surface area contributed by atoms with Gasteiger partial charge < -0.3 is 18.9 Å². The molecule has 0 N–H and O–H groups in total. The van der Waals surface area contributed by atoms with Crippen LogP contribution < -0.4 is 0 Å². The van der Waals surface area contributed by atoms with E-state index >= 15 is 0 Å². The lowest BCUT2D eigenvalue weighted by Gasteiger charge is -2.05. The highest BCUT2D eigenvalue weighted by Crippen LogP contribution is 2.11. The van der Waals surface area contributed by atoms with E-state index in [4.69, 9.17) is 0 Å². The number of hydrogen-bond donors (Lipinski definition) is 0. The fourth-order valence-electron chi connectivity index (χ4n) is 1.53. The number of hydrogen-bond acceptors (Lipinski definition) is 10. The van der Waals surface area contributed by atoms with Crippen LogP contribution in [0.1, 0.15) is 6.42 Å². The molecule has 0 saturated carbocycles. The summed E-state index contributed by atoms with van der Waals surface area (Å²) in [6, 6.07) is 0. The normalized spacial score (nSPS) is 16.5. The molecule has 23 heavy (non-hydrogen) atoms. The molecule has 0 bridgehead atoms. The van der Waals surface area contributed by atoms with Crippen molar-refractivity contribution in [2.75, 3.05) is 13.2 Å². The largest absolute Gasteiger partial charge is 0.462 e. The van der Waals surface area contributed by atoms with E-state index in [0.29, 0.717) is 12.2 Å². The number of carbonyl (C=O) groups excluding carboxylic acids is 6. The third kappa shape index (κ3) is 3.87. The molecular weight excluding hydrogens is 316 g/mol. The number of ether oxygens (including phenoxy) is 4. The lowest BCUT2D eigenvalue weighted by atomic mass is 10.3. The highest BCUT2D eigenvalue weighted by atomic mass is 16.6. The zero-order valence-corrected chi connectivity index (χ0v) is 11.4. The molecule has 120 valence electrons. The number of esters is 6. The molecule has 10 heteroatoms. The van der Waals surface area contributed by atoms with Crippen LogP contribution in [0, 0.1) is 0 Å². The van der Waals surface area contributed by atoms with Crippen LogP contribution in [-0.4, -0.2) is 49.0 Å². The van der Waals surface area contributed by atoms with E-state index in [-0.39, 0.29) is 19.6 Å². The first-order valence-electron chi connectivity index (χ1n) is 6.18. The van der Waals surface area contributed by atoms with Gasteiger partial charge in [-0.1, -0.05) is 0 Å². The van der Waals surface area contributed by atoms with Gasteiger partial charge in [0.25, 0.3) is 0 Å². The summed E-state index contributed by atoms with van der Waals surface area (Å²) < 4.78 is 17.6.